The molecule has 1 aromatic rings. The normalized spacial score (nSPS) is 16.2. The second-order valence-electron chi connectivity index (χ2n) is 4.04. The van der Waals surface area contributed by atoms with Crippen LogP contribution < -0.4 is 11.1 Å². The van der Waals surface area contributed by atoms with Gasteiger partial charge in [0.25, 0.3) is 0 Å². The van der Waals surface area contributed by atoms with E-state index in [1.165, 1.54) is 25.7 Å². The van der Waals surface area contributed by atoms with Crippen LogP contribution in [0.4, 0.5) is 11.4 Å². The van der Waals surface area contributed by atoms with Crippen LogP contribution in [-0.4, -0.2) is 6.04 Å². The van der Waals surface area contributed by atoms with Crippen LogP contribution in [0, 0.1) is 11.3 Å². The van der Waals surface area contributed by atoms with E-state index in [0.717, 1.165) is 5.69 Å². The number of nitrogens with zero attached hydrogens (tertiary/aromatic N) is 1. The Morgan fingerprint density at radius 3 is 2.73 bits per heavy atom. The SMILES string of the molecule is N#Cc1cc(NC2CCCC2)ccc1N. The van der Waals surface area contributed by atoms with Crippen molar-refractivity contribution in [2.75, 3.05) is 11.1 Å². The zero-order valence-corrected chi connectivity index (χ0v) is 8.66. The summed E-state index contributed by atoms with van der Waals surface area (Å²) in [5.41, 5.74) is 7.77. The summed E-state index contributed by atoms with van der Waals surface area (Å²) >= 11 is 0. The quantitative estimate of drug-likeness (QED) is 0.722. The summed E-state index contributed by atoms with van der Waals surface area (Å²) in [7, 11) is 0. The molecule has 0 unspecified atom stereocenters. The molecule has 1 aromatic carbocycles. The molecule has 78 valence electrons. The molecule has 0 aromatic heterocycles. The van der Waals surface area contributed by atoms with E-state index in [1.54, 1.807) is 6.07 Å². The molecule has 0 heterocycles. The molecule has 0 aliphatic heterocycles. The van der Waals surface area contributed by atoms with Gasteiger partial charge in [-0.2, -0.15) is 5.26 Å². The Kier molecular flexibility index (Phi) is 2.77. The van der Waals surface area contributed by atoms with E-state index >= 15 is 0 Å². The zero-order chi connectivity index (χ0) is 10.7. The highest BCUT2D eigenvalue weighted by Crippen LogP contribution is 2.24. The van der Waals surface area contributed by atoms with Crippen LogP contribution in [0.1, 0.15) is 31.2 Å². The van der Waals surface area contributed by atoms with Crippen molar-refractivity contribution in [2.24, 2.45) is 0 Å². The second kappa shape index (κ2) is 4.22. The zero-order valence-electron chi connectivity index (χ0n) is 8.66. The highest BCUT2D eigenvalue weighted by Gasteiger charge is 2.14. The van der Waals surface area contributed by atoms with Gasteiger partial charge in [-0.25, -0.2) is 0 Å². The monoisotopic (exact) mass is 201 g/mol. The van der Waals surface area contributed by atoms with Crippen molar-refractivity contribution in [3.05, 3.63) is 23.8 Å². The first-order valence-corrected chi connectivity index (χ1v) is 5.36. The lowest BCUT2D eigenvalue weighted by molar-refractivity contribution is 0.755. The van der Waals surface area contributed by atoms with Gasteiger partial charge < -0.3 is 11.1 Å². The van der Waals surface area contributed by atoms with Crippen LogP contribution in [0.3, 0.4) is 0 Å². The third-order valence-corrected chi connectivity index (χ3v) is 2.90. The van der Waals surface area contributed by atoms with Crippen LogP contribution >= 0.6 is 0 Å². The lowest BCUT2D eigenvalue weighted by Gasteiger charge is -2.13. The van der Waals surface area contributed by atoms with Gasteiger partial charge >= 0.3 is 0 Å². The maximum Gasteiger partial charge on any atom is 0.101 e. The van der Waals surface area contributed by atoms with E-state index in [9.17, 15) is 0 Å². The van der Waals surface area contributed by atoms with Gasteiger partial charge in [-0.05, 0) is 31.0 Å². The summed E-state index contributed by atoms with van der Waals surface area (Å²) in [6.45, 7) is 0. The fourth-order valence-electron chi connectivity index (χ4n) is 2.05. The number of benzene rings is 1. The van der Waals surface area contributed by atoms with Crippen molar-refractivity contribution in [3.8, 4) is 6.07 Å². The van der Waals surface area contributed by atoms with Crippen molar-refractivity contribution in [1.82, 2.24) is 0 Å². The Balaban J connectivity index is 2.11. The third kappa shape index (κ3) is 2.21. The standard InChI is InChI=1S/C12H15N3/c13-8-9-7-11(5-6-12(9)14)15-10-3-1-2-4-10/h5-7,10,15H,1-4,14H2. The van der Waals surface area contributed by atoms with Crippen LogP contribution in [0.25, 0.3) is 0 Å². The fraction of sp³-hybridized carbons (Fsp3) is 0.417. The van der Waals surface area contributed by atoms with Crippen molar-refractivity contribution in [1.29, 1.82) is 5.26 Å². The molecule has 0 radical (unpaired) electrons. The molecule has 1 fully saturated rings. The first kappa shape index (κ1) is 9.85. The number of nitrogen functional groups attached to an aromatic ring is 1. The molecule has 1 saturated carbocycles. The van der Waals surface area contributed by atoms with Gasteiger partial charge in [0.05, 0.1) is 5.56 Å². The maximum atomic E-state index is 8.85. The Bertz CT molecular complexity index is 386. The number of nitrogens with two attached hydrogens (primary N) is 1. The molecule has 0 bridgehead atoms. The maximum absolute atomic E-state index is 8.85. The number of nitrogens with one attached hydrogen (secondary N) is 1. The second-order valence-corrected chi connectivity index (χ2v) is 4.04. The van der Waals surface area contributed by atoms with Crippen LogP contribution in [0.5, 0.6) is 0 Å². The van der Waals surface area contributed by atoms with Crippen LogP contribution in [0.2, 0.25) is 0 Å². The minimum absolute atomic E-state index is 0.550. The average Bonchev–Trinajstić information content (AvgIpc) is 2.73. The summed E-state index contributed by atoms with van der Waals surface area (Å²) in [4.78, 5) is 0. The summed E-state index contributed by atoms with van der Waals surface area (Å²) in [5, 5.41) is 12.3. The molecule has 15 heavy (non-hydrogen) atoms. The summed E-state index contributed by atoms with van der Waals surface area (Å²) in [6, 6.07) is 8.22. The lowest BCUT2D eigenvalue weighted by Crippen LogP contribution is -2.14. The Hall–Kier alpha value is -1.69. The molecule has 0 atom stereocenters. The van der Waals surface area contributed by atoms with Gasteiger partial charge in [0.2, 0.25) is 0 Å². The predicted octanol–water partition coefficient (Wildman–Crippen LogP) is 2.49. The van der Waals surface area contributed by atoms with Crippen LogP contribution in [-0.2, 0) is 0 Å². The van der Waals surface area contributed by atoms with Gasteiger partial charge in [-0.15, -0.1) is 0 Å². The first-order chi connectivity index (χ1) is 7.29. The minimum Gasteiger partial charge on any atom is -0.398 e. The molecule has 0 amide bonds. The average molecular weight is 201 g/mol. The highest BCUT2D eigenvalue weighted by molar-refractivity contribution is 5.62. The van der Waals surface area contributed by atoms with E-state index in [2.05, 4.69) is 11.4 Å². The molecule has 1 aliphatic rings. The Morgan fingerprint density at radius 2 is 2.07 bits per heavy atom. The molecule has 1 aliphatic carbocycles. The highest BCUT2D eigenvalue weighted by atomic mass is 14.9. The minimum atomic E-state index is 0.550. The van der Waals surface area contributed by atoms with Crippen LogP contribution in [0.15, 0.2) is 18.2 Å². The van der Waals surface area contributed by atoms with Crippen molar-refractivity contribution >= 4 is 11.4 Å². The van der Waals surface area contributed by atoms with Gasteiger partial charge in [0.15, 0.2) is 0 Å². The lowest BCUT2D eigenvalue weighted by atomic mass is 10.1. The topological polar surface area (TPSA) is 61.8 Å². The number of nitriles is 1. The molecular formula is C12H15N3. The number of anilines is 2. The van der Waals surface area contributed by atoms with E-state index in [-0.39, 0.29) is 0 Å². The third-order valence-electron chi connectivity index (χ3n) is 2.90. The smallest absolute Gasteiger partial charge is 0.101 e. The summed E-state index contributed by atoms with van der Waals surface area (Å²) in [5.74, 6) is 0. The largest absolute Gasteiger partial charge is 0.398 e. The molecule has 3 nitrogen and oxygen atoms in total. The predicted molar refractivity (Wildman–Crippen MR) is 61.4 cm³/mol. The molecule has 3 heteroatoms. The molecule has 0 spiro atoms. The van der Waals surface area contributed by atoms with E-state index in [1.807, 2.05) is 12.1 Å². The molecule has 3 N–H and O–H groups in total. The van der Waals surface area contributed by atoms with E-state index < -0.39 is 0 Å². The van der Waals surface area contributed by atoms with E-state index in [4.69, 9.17) is 11.0 Å². The van der Waals surface area contributed by atoms with Gasteiger partial charge in [0.1, 0.15) is 6.07 Å². The molecule has 0 saturated heterocycles. The van der Waals surface area contributed by atoms with Gasteiger partial charge in [-0.1, -0.05) is 12.8 Å². The summed E-state index contributed by atoms with van der Waals surface area (Å²) in [6.07, 6.45) is 5.06. The van der Waals surface area contributed by atoms with Crippen molar-refractivity contribution in [3.63, 3.8) is 0 Å². The number of rotatable bonds is 2. The van der Waals surface area contributed by atoms with Crippen molar-refractivity contribution < 1.29 is 0 Å². The van der Waals surface area contributed by atoms with E-state index in [0.29, 0.717) is 17.3 Å². The Labute approximate surface area is 89.9 Å². The molecule has 2 rings (SSSR count). The van der Waals surface area contributed by atoms with Gasteiger partial charge in [-0.3, -0.25) is 0 Å². The molecular weight excluding hydrogens is 186 g/mol. The van der Waals surface area contributed by atoms with Gasteiger partial charge in [0, 0.05) is 17.4 Å². The summed E-state index contributed by atoms with van der Waals surface area (Å²) < 4.78 is 0. The Morgan fingerprint density at radius 1 is 1.33 bits per heavy atom. The van der Waals surface area contributed by atoms with Crippen molar-refractivity contribution in [2.45, 2.75) is 31.7 Å². The fourth-order valence-corrected chi connectivity index (χ4v) is 2.05. The first-order valence-electron chi connectivity index (χ1n) is 5.36. The number of hydrogen-bond acceptors (Lipinski definition) is 3. The number of hydrogen-bond donors (Lipinski definition) is 2.